The zero-order valence-electron chi connectivity index (χ0n) is 11.5. The monoisotopic (exact) mass is 246 g/mol. The first-order chi connectivity index (χ1) is 8.59. The summed E-state index contributed by atoms with van der Waals surface area (Å²) in [6, 6.07) is 7.99. The molecule has 0 spiro atoms. The van der Waals surface area contributed by atoms with Crippen molar-refractivity contribution in [3.8, 4) is 11.8 Å². The Morgan fingerprint density at radius 3 is 2.67 bits per heavy atom. The highest BCUT2D eigenvalue weighted by atomic mass is 16.5. The SMILES string of the molecule is CCC(C)(C)OCc1ccccc1C#CCCO. The lowest BCUT2D eigenvalue weighted by molar-refractivity contribution is -0.0316. The highest BCUT2D eigenvalue weighted by Crippen LogP contribution is 2.18. The van der Waals surface area contributed by atoms with Gasteiger partial charge in [-0.25, -0.2) is 0 Å². The molecule has 0 aliphatic carbocycles. The van der Waals surface area contributed by atoms with Crippen LogP contribution >= 0.6 is 0 Å². The fourth-order valence-corrected chi connectivity index (χ4v) is 1.36. The van der Waals surface area contributed by atoms with Crippen LogP contribution in [0.15, 0.2) is 24.3 Å². The van der Waals surface area contributed by atoms with Gasteiger partial charge in [0.1, 0.15) is 0 Å². The third-order valence-electron chi connectivity index (χ3n) is 2.95. The molecule has 0 heterocycles. The van der Waals surface area contributed by atoms with Gasteiger partial charge in [-0.05, 0) is 31.9 Å². The highest BCUT2D eigenvalue weighted by Gasteiger charge is 2.15. The molecule has 1 aromatic carbocycles. The van der Waals surface area contributed by atoms with Crippen LogP contribution in [0.4, 0.5) is 0 Å². The first kappa shape index (κ1) is 14.8. The van der Waals surface area contributed by atoms with Crippen molar-refractivity contribution in [2.45, 2.75) is 45.8 Å². The second kappa shape index (κ2) is 7.20. The summed E-state index contributed by atoms with van der Waals surface area (Å²) in [6.45, 7) is 6.98. The maximum absolute atomic E-state index is 8.73. The Balaban J connectivity index is 2.74. The number of benzene rings is 1. The van der Waals surface area contributed by atoms with Gasteiger partial charge in [0.15, 0.2) is 0 Å². The molecule has 2 heteroatoms. The minimum absolute atomic E-state index is 0.106. The molecule has 0 amide bonds. The van der Waals surface area contributed by atoms with Crippen LogP contribution in [0, 0.1) is 11.8 Å². The molecular formula is C16H22O2. The lowest BCUT2D eigenvalue weighted by atomic mass is 10.1. The van der Waals surface area contributed by atoms with E-state index in [1.807, 2.05) is 24.3 Å². The number of hydrogen-bond acceptors (Lipinski definition) is 2. The third kappa shape index (κ3) is 4.91. The normalized spacial score (nSPS) is 10.9. The van der Waals surface area contributed by atoms with E-state index in [0.29, 0.717) is 13.0 Å². The van der Waals surface area contributed by atoms with Crippen molar-refractivity contribution in [2.24, 2.45) is 0 Å². The van der Waals surface area contributed by atoms with Crippen LogP contribution in [-0.2, 0) is 11.3 Å². The van der Waals surface area contributed by atoms with Crippen molar-refractivity contribution in [2.75, 3.05) is 6.61 Å². The molecular weight excluding hydrogens is 224 g/mol. The Kier molecular flexibility index (Phi) is 5.91. The molecule has 0 aliphatic heterocycles. The smallest absolute Gasteiger partial charge is 0.0736 e. The Labute approximate surface area is 110 Å². The molecule has 1 rings (SSSR count). The van der Waals surface area contributed by atoms with Crippen LogP contribution in [0.25, 0.3) is 0 Å². The zero-order valence-corrected chi connectivity index (χ0v) is 11.5. The van der Waals surface area contributed by atoms with Gasteiger partial charge in [0.25, 0.3) is 0 Å². The fraction of sp³-hybridized carbons (Fsp3) is 0.500. The topological polar surface area (TPSA) is 29.5 Å². The number of aliphatic hydroxyl groups excluding tert-OH is 1. The van der Waals surface area contributed by atoms with Gasteiger partial charge in [-0.3, -0.25) is 0 Å². The second-order valence-electron chi connectivity index (χ2n) is 4.83. The summed E-state index contributed by atoms with van der Waals surface area (Å²) in [5, 5.41) is 8.73. The van der Waals surface area contributed by atoms with Crippen LogP contribution in [0.3, 0.4) is 0 Å². The lowest BCUT2D eigenvalue weighted by Gasteiger charge is -2.23. The fourth-order valence-electron chi connectivity index (χ4n) is 1.36. The molecule has 0 aliphatic rings. The predicted molar refractivity (Wildman–Crippen MR) is 74.2 cm³/mol. The Morgan fingerprint density at radius 1 is 1.28 bits per heavy atom. The van der Waals surface area contributed by atoms with Gasteiger partial charge in [0.05, 0.1) is 18.8 Å². The van der Waals surface area contributed by atoms with Crippen LogP contribution in [0.2, 0.25) is 0 Å². The summed E-state index contributed by atoms with van der Waals surface area (Å²) in [5.74, 6) is 6.03. The van der Waals surface area contributed by atoms with Gasteiger partial charge in [0, 0.05) is 12.0 Å². The third-order valence-corrected chi connectivity index (χ3v) is 2.95. The van der Waals surface area contributed by atoms with E-state index >= 15 is 0 Å². The van der Waals surface area contributed by atoms with Crippen molar-refractivity contribution in [1.29, 1.82) is 0 Å². The standard InChI is InChI=1S/C16H22O2/c1-4-16(2,3)18-13-15-11-6-5-9-14(15)10-7-8-12-17/h5-6,9,11,17H,4,8,12-13H2,1-3H3. The van der Waals surface area contributed by atoms with Crippen molar-refractivity contribution >= 4 is 0 Å². The quantitative estimate of drug-likeness (QED) is 0.809. The Hall–Kier alpha value is -1.30. The average molecular weight is 246 g/mol. The van der Waals surface area contributed by atoms with Crippen LogP contribution in [0.5, 0.6) is 0 Å². The van der Waals surface area contributed by atoms with Crippen molar-refractivity contribution in [3.63, 3.8) is 0 Å². The molecule has 1 N–H and O–H groups in total. The van der Waals surface area contributed by atoms with Gasteiger partial charge in [-0.15, -0.1) is 0 Å². The van der Waals surface area contributed by atoms with E-state index in [2.05, 4.69) is 32.6 Å². The summed E-state index contributed by atoms with van der Waals surface area (Å²) < 4.78 is 5.89. The Bertz CT molecular complexity index is 424. The molecule has 0 atom stereocenters. The predicted octanol–water partition coefficient (Wildman–Crippen LogP) is 3.13. The van der Waals surface area contributed by atoms with E-state index in [1.54, 1.807) is 0 Å². The number of ether oxygens (including phenoxy) is 1. The Morgan fingerprint density at radius 2 is 2.00 bits per heavy atom. The second-order valence-corrected chi connectivity index (χ2v) is 4.83. The van der Waals surface area contributed by atoms with Gasteiger partial charge >= 0.3 is 0 Å². The summed E-state index contributed by atoms with van der Waals surface area (Å²) in [4.78, 5) is 0. The summed E-state index contributed by atoms with van der Waals surface area (Å²) in [7, 11) is 0. The largest absolute Gasteiger partial charge is 0.395 e. The van der Waals surface area contributed by atoms with Gasteiger partial charge in [0.2, 0.25) is 0 Å². The minimum Gasteiger partial charge on any atom is -0.395 e. The van der Waals surface area contributed by atoms with Gasteiger partial charge in [-0.1, -0.05) is 37.0 Å². The molecule has 0 bridgehead atoms. The van der Waals surface area contributed by atoms with Crippen molar-refractivity contribution in [1.82, 2.24) is 0 Å². The molecule has 0 radical (unpaired) electrons. The van der Waals surface area contributed by atoms with Crippen LogP contribution < -0.4 is 0 Å². The molecule has 18 heavy (non-hydrogen) atoms. The van der Waals surface area contributed by atoms with Crippen molar-refractivity contribution in [3.05, 3.63) is 35.4 Å². The van der Waals surface area contributed by atoms with Gasteiger partial charge in [-0.2, -0.15) is 0 Å². The van der Waals surface area contributed by atoms with E-state index < -0.39 is 0 Å². The molecule has 98 valence electrons. The summed E-state index contributed by atoms with van der Waals surface area (Å²) in [6.07, 6.45) is 1.49. The van der Waals surface area contributed by atoms with E-state index in [1.165, 1.54) is 0 Å². The molecule has 0 fully saturated rings. The van der Waals surface area contributed by atoms with Crippen molar-refractivity contribution < 1.29 is 9.84 Å². The number of aliphatic hydroxyl groups is 1. The molecule has 0 aromatic heterocycles. The molecule has 1 aromatic rings. The number of hydrogen-bond donors (Lipinski definition) is 1. The summed E-state index contributed by atoms with van der Waals surface area (Å²) in [5.41, 5.74) is 1.98. The maximum Gasteiger partial charge on any atom is 0.0736 e. The van der Waals surface area contributed by atoms with Crippen LogP contribution in [0.1, 0.15) is 44.7 Å². The van der Waals surface area contributed by atoms with E-state index in [0.717, 1.165) is 17.5 Å². The van der Waals surface area contributed by atoms with Gasteiger partial charge < -0.3 is 9.84 Å². The maximum atomic E-state index is 8.73. The molecule has 0 unspecified atom stereocenters. The molecule has 0 saturated carbocycles. The lowest BCUT2D eigenvalue weighted by Crippen LogP contribution is -2.22. The van der Waals surface area contributed by atoms with E-state index in [-0.39, 0.29) is 12.2 Å². The van der Waals surface area contributed by atoms with Crippen LogP contribution in [-0.4, -0.2) is 17.3 Å². The zero-order chi connectivity index (χ0) is 13.4. The first-order valence-corrected chi connectivity index (χ1v) is 6.40. The molecule has 2 nitrogen and oxygen atoms in total. The minimum atomic E-state index is -0.106. The first-order valence-electron chi connectivity index (χ1n) is 6.40. The molecule has 0 saturated heterocycles. The highest BCUT2D eigenvalue weighted by molar-refractivity contribution is 5.40. The van der Waals surface area contributed by atoms with E-state index in [4.69, 9.17) is 9.84 Å². The van der Waals surface area contributed by atoms with E-state index in [9.17, 15) is 0 Å². The summed E-state index contributed by atoms with van der Waals surface area (Å²) >= 11 is 0. The number of rotatable bonds is 5. The average Bonchev–Trinajstić information content (AvgIpc) is 2.38.